The van der Waals surface area contributed by atoms with Crippen LogP contribution in [-0.4, -0.2) is 140 Å². The topological polar surface area (TPSA) is 228 Å². The second-order valence-electron chi connectivity index (χ2n) is 23.6. The van der Waals surface area contributed by atoms with E-state index in [2.05, 4.69) is 43.5 Å². The summed E-state index contributed by atoms with van der Waals surface area (Å²) >= 11 is 0. The van der Waals surface area contributed by atoms with Crippen molar-refractivity contribution in [1.82, 2.24) is 5.32 Å². The molecule has 0 saturated carbocycles. The maximum absolute atomic E-state index is 13.3. The first-order valence-corrected chi connectivity index (χ1v) is 33.2. The summed E-state index contributed by atoms with van der Waals surface area (Å²) in [5, 5.41) is 87.1. The normalized spacial score (nSPS) is 24.4. The summed E-state index contributed by atoms with van der Waals surface area (Å²) in [5.41, 5.74) is 0. The van der Waals surface area contributed by atoms with Gasteiger partial charge in [0.1, 0.15) is 48.8 Å². The zero-order valence-electron chi connectivity index (χ0n) is 50.8. The average Bonchev–Trinajstić information content (AvgIpc) is 3.49. The summed E-state index contributed by atoms with van der Waals surface area (Å²) in [6, 6.07) is -0.912. The Kier molecular flexibility index (Phi) is 47.9. The Bertz CT molecular complexity index is 1480. The number of unbranched alkanes of at least 4 members (excludes halogenated alkanes) is 37. The van der Waals surface area contributed by atoms with E-state index in [9.17, 15) is 45.6 Å². The molecule has 0 radical (unpaired) electrons. The highest BCUT2D eigenvalue weighted by Gasteiger charge is 2.51. The Morgan fingerprint density at radius 3 is 1.25 bits per heavy atom. The first-order chi connectivity index (χ1) is 39.1. The van der Waals surface area contributed by atoms with E-state index in [4.69, 9.17) is 18.9 Å². The second-order valence-corrected chi connectivity index (χ2v) is 23.6. The van der Waals surface area contributed by atoms with E-state index in [0.717, 1.165) is 44.9 Å². The molecule has 0 bridgehead atoms. The van der Waals surface area contributed by atoms with E-state index < -0.39 is 86.8 Å². The number of nitrogens with one attached hydrogen (secondary N) is 1. The molecule has 0 aromatic heterocycles. The largest absolute Gasteiger partial charge is 0.394 e. The quantitative estimate of drug-likeness (QED) is 0.0204. The molecule has 14 heteroatoms. The standard InChI is InChI=1S/C66H123NO13/c1-3-5-7-9-11-13-15-17-18-19-20-21-22-23-24-25-26-27-28-29-30-31-32-33-34-35-36-38-40-42-44-46-48-50-58(71)67-54(55(70)49-47-45-43-41-39-37-16-14-12-10-8-6-4-2)53-77-65-63(76)61(74)64(57(52-69)79-65)80-66-62(75)60(73)59(72)56(51-68)78-66/h15,17,19-20,47,49,54-57,59-66,68-70,72-76H,3-14,16,18,21-46,48,50-53H2,1-2H3,(H,67,71)/b17-15-,20-19-,49-47+. The van der Waals surface area contributed by atoms with Crippen LogP contribution in [-0.2, 0) is 23.7 Å². The smallest absolute Gasteiger partial charge is 0.220 e. The van der Waals surface area contributed by atoms with Crippen LogP contribution in [0.3, 0.4) is 0 Å². The summed E-state index contributed by atoms with van der Waals surface area (Å²) in [7, 11) is 0. The van der Waals surface area contributed by atoms with Gasteiger partial charge < -0.3 is 65.1 Å². The fourth-order valence-electron chi connectivity index (χ4n) is 11.0. The number of hydrogen-bond acceptors (Lipinski definition) is 13. The van der Waals surface area contributed by atoms with Crippen molar-refractivity contribution < 1.29 is 64.6 Å². The van der Waals surface area contributed by atoms with Crippen LogP contribution in [0.5, 0.6) is 0 Å². The van der Waals surface area contributed by atoms with Crippen molar-refractivity contribution in [3.63, 3.8) is 0 Å². The summed E-state index contributed by atoms with van der Waals surface area (Å²) in [4.78, 5) is 13.3. The van der Waals surface area contributed by atoms with Gasteiger partial charge >= 0.3 is 0 Å². The van der Waals surface area contributed by atoms with Crippen molar-refractivity contribution in [2.75, 3.05) is 19.8 Å². The minimum absolute atomic E-state index is 0.236. The molecule has 470 valence electrons. The number of ether oxygens (including phenoxy) is 4. The second kappa shape index (κ2) is 51.6. The molecule has 2 rings (SSSR count). The number of carbonyl (C=O) groups excluding carboxylic acids is 1. The van der Waals surface area contributed by atoms with Crippen molar-refractivity contribution >= 4 is 5.91 Å². The number of amides is 1. The third-order valence-electron chi connectivity index (χ3n) is 16.3. The predicted molar refractivity (Wildman–Crippen MR) is 323 cm³/mol. The average molecular weight is 1140 g/mol. The Morgan fingerprint density at radius 2 is 0.825 bits per heavy atom. The van der Waals surface area contributed by atoms with E-state index >= 15 is 0 Å². The summed E-state index contributed by atoms with van der Waals surface area (Å²) in [6.07, 6.45) is 47.8. The van der Waals surface area contributed by atoms with E-state index in [-0.39, 0.29) is 18.9 Å². The molecule has 0 spiro atoms. The molecule has 2 heterocycles. The molecule has 9 N–H and O–H groups in total. The summed E-state index contributed by atoms with van der Waals surface area (Å²) < 4.78 is 22.8. The Labute approximate surface area is 487 Å². The van der Waals surface area contributed by atoms with Crippen LogP contribution in [0, 0.1) is 0 Å². The van der Waals surface area contributed by atoms with Gasteiger partial charge in [0.2, 0.25) is 5.91 Å². The molecule has 12 unspecified atom stereocenters. The van der Waals surface area contributed by atoms with Crippen molar-refractivity contribution in [3.8, 4) is 0 Å². The molecule has 2 aliphatic rings. The molecule has 1 amide bonds. The number of rotatable bonds is 54. The fraction of sp³-hybridized carbons (Fsp3) is 0.894. The van der Waals surface area contributed by atoms with Gasteiger partial charge in [-0.25, -0.2) is 0 Å². The lowest BCUT2D eigenvalue weighted by Crippen LogP contribution is -2.65. The molecule has 0 aromatic rings. The molecular weight excluding hydrogens is 1010 g/mol. The molecule has 2 fully saturated rings. The highest BCUT2D eigenvalue weighted by atomic mass is 16.7. The van der Waals surface area contributed by atoms with Crippen molar-refractivity contribution in [2.24, 2.45) is 0 Å². The van der Waals surface area contributed by atoms with Crippen molar-refractivity contribution in [1.29, 1.82) is 0 Å². The molecule has 14 nitrogen and oxygen atoms in total. The third kappa shape index (κ3) is 36.1. The summed E-state index contributed by atoms with van der Waals surface area (Å²) in [5.74, 6) is -0.236. The van der Waals surface area contributed by atoms with Gasteiger partial charge in [-0.05, 0) is 51.4 Å². The molecule has 2 aliphatic heterocycles. The molecule has 2 saturated heterocycles. The summed E-state index contributed by atoms with van der Waals surface area (Å²) in [6.45, 7) is 2.80. The van der Waals surface area contributed by atoms with Gasteiger partial charge in [0.15, 0.2) is 12.6 Å². The van der Waals surface area contributed by atoms with E-state index in [0.29, 0.717) is 6.42 Å². The van der Waals surface area contributed by atoms with Gasteiger partial charge in [0, 0.05) is 6.42 Å². The highest BCUT2D eigenvalue weighted by molar-refractivity contribution is 5.76. The fourth-order valence-corrected chi connectivity index (χ4v) is 11.0. The zero-order valence-corrected chi connectivity index (χ0v) is 50.8. The Hall–Kier alpha value is -1.79. The SMILES string of the molecule is CCCCCCC/C=C\C/C=C\CCCCCCCCCCCCCCCCCCCCCCCC(=O)NC(COC1OC(CO)C(OC2OC(CO)C(O)C(O)C2O)C(O)C1O)C(O)/C=C/CCCCCCCCCCCCC. The number of hydrogen-bond donors (Lipinski definition) is 9. The van der Waals surface area contributed by atoms with Crippen LogP contribution in [0.1, 0.15) is 284 Å². The Morgan fingerprint density at radius 1 is 0.450 bits per heavy atom. The van der Waals surface area contributed by atoms with Crippen LogP contribution >= 0.6 is 0 Å². The van der Waals surface area contributed by atoms with Crippen LogP contribution in [0.2, 0.25) is 0 Å². The van der Waals surface area contributed by atoms with Crippen LogP contribution in [0.4, 0.5) is 0 Å². The van der Waals surface area contributed by atoms with Crippen LogP contribution in [0.25, 0.3) is 0 Å². The lowest BCUT2D eigenvalue weighted by atomic mass is 9.97. The van der Waals surface area contributed by atoms with Crippen LogP contribution in [0.15, 0.2) is 36.5 Å². The van der Waals surface area contributed by atoms with Crippen molar-refractivity contribution in [2.45, 2.75) is 357 Å². The molecule has 80 heavy (non-hydrogen) atoms. The molecule has 0 aliphatic carbocycles. The van der Waals surface area contributed by atoms with E-state index in [1.165, 1.54) is 212 Å². The monoisotopic (exact) mass is 1140 g/mol. The minimum Gasteiger partial charge on any atom is -0.394 e. The van der Waals surface area contributed by atoms with Gasteiger partial charge in [0.05, 0.1) is 32.0 Å². The first kappa shape index (κ1) is 74.3. The van der Waals surface area contributed by atoms with Gasteiger partial charge in [-0.15, -0.1) is 0 Å². The maximum Gasteiger partial charge on any atom is 0.220 e. The third-order valence-corrected chi connectivity index (χ3v) is 16.3. The zero-order chi connectivity index (χ0) is 58.1. The highest BCUT2D eigenvalue weighted by Crippen LogP contribution is 2.30. The number of allylic oxidation sites excluding steroid dienone is 5. The Balaban J connectivity index is 1.61. The van der Waals surface area contributed by atoms with E-state index in [1.54, 1.807) is 6.08 Å². The lowest BCUT2D eigenvalue weighted by molar-refractivity contribution is -0.359. The number of aliphatic hydroxyl groups excluding tert-OH is 8. The van der Waals surface area contributed by atoms with Gasteiger partial charge in [0.25, 0.3) is 0 Å². The predicted octanol–water partition coefficient (Wildman–Crippen LogP) is 12.6. The lowest BCUT2D eigenvalue weighted by Gasteiger charge is -2.46. The van der Waals surface area contributed by atoms with Crippen LogP contribution < -0.4 is 5.32 Å². The van der Waals surface area contributed by atoms with Crippen molar-refractivity contribution in [3.05, 3.63) is 36.5 Å². The maximum atomic E-state index is 13.3. The van der Waals surface area contributed by atoms with Gasteiger partial charge in [-0.3, -0.25) is 4.79 Å². The van der Waals surface area contributed by atoms with Gasteiger partial charge in [-0.2, -0.15) is 0 Å². The number of aliphatic hydroxyl groups is 8. The molecule has 0 aromatic carbocycles. The molecular formula is C66H123NO13. The number of carbonyl (C=O) groups is 1. The first-order valence-electron chi connectivity index (χ1n) is 33.2. The minimum atomic E-state index is -1.79. The van der Waals surface area contributed by atoms with Gasteiger partial charge in [-0.1, -0.05) is 262 Å². The molecule has 12 atom stereocenters. The van der Waals surface area contributed by atoms with E-state index in [1.807, 2.05) is 6.08 Å².